The fraction of sp³-hybridized carbons (Fsp3) is 0.357. The number of nitrogens with one attached hydrogen (secondary N) is 1. The number of hydrogen-bond donors (Lipinski definition) is 1. The van der Waals surface area contributed by atoms with Gasteiger partial charge in [-0.3, -0.25) is 4.79 Å². The Labute approximate surface area is 151 Å². The summed E-state index contributed by atoms with van der Waals surface area (Å²) in [5, 5.41) is -8.43. The first-order valence-electron chi connectivity index (χ1n) is 6.78. The molecule has 1 aromatic heterocycles. The van der Waals surface area contributed by atoms with Crippen molar-refractivity contribution in [2.24, 2.45) is 0 Å². The molecule has 0 saturated heterocycles. The molecule has 1 N–H and O–H groups in total. The molecule has 12 heteroatoms. The Morgan fingerprint density at radius 2 is 1.46 bits per heavy atom. The number of aromatic amines is 1. The Balaban J connectivity index is 2.63. The molecule has 0 spiro atoms. The Morgan fingerprint density at radius 3 is 1.92 bits per heavy atom. The van der Waals surface area contributed by atoms with Crippen LogP contribution in [0, 0.1) is 0 Å². The summed E-state index contributed by atoms with van der Waals surface area (Å²) >= 11 is 9.52. The van der Waals surface area contributed by atoms with Gasteiger partial charge in [0.25, 0.3) is 0 Å². The lowest BCUT2D eigenvalue weighted by molar-refractivity contribution is -0.136. The van der Waals surface area contributed by atoms with E-state index in [0.29, 0.717) is 4.90 Å². The van der Waals surface area contributed by atoms with Gasteiger partial charge in [0.2, 0.25) is 5.56 Å². The quantitative estimate of drug-likeness (QED) is 0.540. The normalized spacial score (nSPS) is 13.3. The minimum absolute atomic E-state index is 0.246. The van der Waals surface area contributed by atoms with E-state index in [1.165, 1.54) is 0 Å². The molecule has 2 rings (SSSR count). The monoisotopic (exact) mass is 424 g/mol. The minimum atomic E-state index is -4.93. The maximum absolute atomic E-state index is 13.1. The zero-order chi connectivity index (χ0) is 19.9. The van der Waals surface area contributed by atoms with Crippen LogP contribution in [0.2, 0.25) is 0 Å². The standard InChI is InChI=1S/C14H9Cl2F7N2O/c15-12(17,18)5-25(6-13(16,19)20)7-1-2-10-8(3-7)9(14(21,22)23)4-11(26)24-10/h1-4H,5-6H2,(H,24,26). The molecule has 1 aromatic carbocycles. The summed E-state index contributed by atoms with van der Waals surface area (Å²) in [6.07, 6.45) is -4.93. The van der Waals surface area contributed by atoms with Crippen LogP contribution in [0.5, 0.6) is 0 Å². The first kappa shape index (κ1) is 20.6. The number of fused-ring (bicyclic) bond motifs is 1. The number of hydrogen-bond acceptors (Lipinski definition) is 2. The van der Waals surface area contributed by atoms with Crippen LogP contribution in [0.1, 0.15) is 5.56 Å². The fourth-order valence-electron chi connectivity index (χ4n) is 2.34. The molecule has 0 bridgehead atoms. The van der Waals surface area contributed by atoms with E-state index in [4.69, 9.17) is 23.2 Å². The number of pyridine rings is 1. The van der Waals surface area contributed by atoms with Gasteiger partial charge in [-0.2, -0.15) is 30.7 Å². The van der Waals surface area contributed by atoms with Gasteiger partial charge in [-0.1, -0.05) is 0 Å². The lowest BCUT2D eigenvalue weighted by Crippen LogP contribution is -2.40. The topological polar surface area (TPSA) is 36.1 Å². The molecular formula is C14H9Cl2F7N2O. The first-order valence-corrected chi connectivity index (χ1v) is 7.54. The summed E-state index contributed by atoms with van der Waals surface area (Å²) in [6, 6.07) is 3.00. The molecule has 0 radical (unpaired) electrons. The number of nitrogens with zero attached hydrogens (tertiary/aromatic N) is 1. The minimum Gasteiger partial charge on any atom is -0.357 e. The second-order valence-corrected chi connectivity index (χ2v) is 6.47. The maximum atomic E-state index is 13.1. The van der Waals surface area contributed by atoms with Crippen LogP contribution in [0.25, 0.3) is 10.9 Å². The molecule has 0 amide bonds. The van der Waals surface area contributed by atoms with Crippen molar-refractivity contribution in [2.75, 3.05) is 18.0 Å². The Bertz CT molecular complexity index is 839. The zero-order valence-corrected chi connectivity index (χ0v) is 14.0. The smallest absolute Gasteiger partial charge is 0.357 e. The molecule has 2 aromatic rings. The Morgan fingerprint density at radius 1 is 0.923 bits per heavy atom. The third kappa shape index (κ3) is 5.41. The third-order valence-electron chi connectivity index (χ3n) is 3.24. The van der Waals surface area contributed by atoms with Crippen molar-refractivity contribution in [1.82, 2.24) is 4.98 Å². The Hall–Kier alpha value is -1.68. The molecule has 26 heavy (non-hydrogen) atoms. The predicted molar refractivity (Wildman–Crippen MR) is 83.4 cm³/mol. The largest absolute Gasteiger partial charge is 0.417 e. The predicted octanol–water partition coefficient (Wildman–Crippen LogP) is 5.02. The SMILES string of the molecule is O=c1cc(C(F)(F)F)c2cc(N(CC(F)(F)Cl)CC(F)(F)Cl)ccc2[nH]1. The highest BCUT2D eigenvalue weighted by Crippen LogP contribution is 2.36. The van der Waals surface area contributed by atoms with Crippen LogP contribution in [0.3, 0.4) is 0 Å². The molecule has 0 unspecified atom stereocenters. The van der Waals surface area contributed by atoms with Gasteiger partial charge in [-0.15, -0.1) is 0 Å². The summed E-state index contributed by atoms with van der Waals surface area (Å²) in [6.45, 7) is -2.85. The molecule has 0 saturated carbocycles. The van der Waals surface area contributed by atoms with Gasteiger partial charge < -0.3 is 9.88 Å². The number of rotatable bonds is 5. The van der Waals surface area contributed by atoms with E-state index in [2.05, 4.69) is 4.98 Å². The van der Waals surface area contributed by atoms with Crippen molar-refractivity contribution in [3.8, 4) is 0 Å². The molecule has 144 valence electrons. The first-order chi connectivity index (χ1) is 11.7. The number of benzene rings is 1. The van der Waals surface area contributed by atoms with Crippen molar-refractivity contribution in [1.29, 1.82) is 0 Å². The van der Waals surface area contributed by atoms with Crippen LogP contribution in [-0.2, 0) is 6.18 Å². The van der Waals surface area contributed by atoms with E-state index in [1.807, 2.05) is 0 Å². The van der Waals surface area contributed by atoms with Gasteiger partial charge in [-0.25, -0.2) is 0 Å². The Kier molecular flexibility index (Phi) is 5.40. The number of aromatic nitrogens is 1. The average molecular weight is 425 g/mol. The zero-order valence-electron chi connectivity index (χ0n) is 12.5. The lowest BCUT2D eigenvalue weighted by atomic mass is 10.1. The van der Waals surface area contributed by atoms with E-state index >= 15 is 0 Å². The highest BCUT2D eigenvalue weighted by Gasteiger charge is 2.36. The molecule has 3 nitrogen and oxygen atoms in total. The van der Waals surface area contributed by atoms with Gasteiger partial charge in [0.05, 0.1) is 18.7 Å². The van der Waals surface area contributed by atoms with E-state index in [0.717, 1.165) is 18.2 Å². The maximum Gasteiger partial charge on any atom is 0.417 e. The highest BCUT2D eigenvalue weighted by atomic mass is 35.5. The van der Waals surface area contributed by atoms with Crippen LogP contribution in [0.4, 0.5) is 36.4 Å². The number of H-pyrrole nitrogens is 1. The second-order valence-electron chi connectivity index (χ2n) is 5.36. The van der Waals surface area contributed by atoms with E-state index < -0.39 is 52.2 Å². The van der Waals surface area contributed by atoms with Crippen LogP contribution in [-0.4, -0.2) is 28.8 Å². The van der Waals surface area contributed by atoms with Crippen molar-refractivity contribution in [2.45, 2.75) is 16.9 Å². The molecule has 0 atom stereocenters. The van der Waals surface area contributed by atoms with Crippen molar-refractivity contribution < 1.29 is 30.7 Å². The summed E-state index contributed by atoms with van der Waals surface area (Å²) in [5.74, 6) is 0. The van der Waals surface area contributed by atoms with Gasteiger partial charge in [0.1, 0.15) is 0 Å². The lowest BCUT2D eigenvalue weighted by Gasteiger charge is -2.28. The van der Waals surface area contributed by atoms with Crippen LogP contribution in [0.15, 0.2) is 29.1 Å². The fourth-order valence-corrected chi connectivity index (χ4v) is 2.63. The molecule has 0 fully saturated rings. The second kappa shape index (κ2) is 6.80. The van der Waals surface area contributed by atoms with Crippen LogP contribution >= 0.6 is 23.2 Å². The third-order valence-corrected chi connectivity index (χ3v) is 3.48. The van der Waals surface area contributed by atoms with Gasteiger partial charge in [-0.05, 0) is 41.4 Å². The molecule has 1 heterocycles. The van der Waals surface area contributed by atoms with E-state index in [9.17, 15) is 35.5 Å². The van der Waals surface area contributed by atoms with Crippen molar-refractivity contribution in [3.05, 3.63) is 40.2 Å². The summed E-state index contributed by atoms with van der Waals surface area (Å²) in [5.41, 5.74) is -3.03. The number of halogens is 9. The van der Waals surface area contributed by atoms with Crippen molar-refractivity contribution >= 4 is 39.8 Å². The van der Waals surface area contributed by atoms with E-state index in [-0.39, 0.29) is 11.6 Å². The van der Waals surface area contributed by atoms with Gasteiger partial charge >= 0.3 is 16.9 Å². The molecule has 0 aliphatic heterocycles. The number of alkyl halides is 9. The molecule has 0 aliphatic carbocycles. The van der Waals surface area contributed by atoms with Gasteiger partial charge in [0, 0.05) is 22.7 Å². The summed E-state index contributed by atoms with van der Waals surface area (Å²) < 4.78 is 91.7. The molecular weight excluding hydrogens is 416 g/mol. The number of anilines is 1. The highest BCUT2D eigenvalue weighted by molar-refractivity contribution is 6.22. The summed E-state index contributed by atoms with van der Waals surface area (Å²) in [4.78, 5) is 13.8. The average Bonchev–Trinajstić information content (AvgIpc) is 2.41. The summed E-state index contributed by atoms with van der Waals surface area (Å²) in [7, 11) is 0. The van der Waals surface area contributed by atoms with Gasteiger partial charge in [0.15, 0.2) is 0 Å². The van der Waals surface area contributed by atoms with Crippen LogP contribution < -0.4 is 10.5 Å². The van der Waals surface area contributed by atoms with E-state index in [1.54, 1.807) is 0 Å². The molecule has 0 aliphatic rings. The van der Waals surface area contributed by atoms with Crippen molar-refractivity contribution in [3.63, 3.8) is 0 Å².